The van der Waals surface area contributed by atoms with Gasteiger partial charge in [-0.25, -0.2) is 10.2 Å². The summed E-state index contributed by atoms with van der Waals surface area (Å²) in [6, 6.07) is 7.92. The Bertz CT molecular complexity index is 747. The summed E-state index contributed by atoms with van der Waals surface area (Å²) in [6.07, 6.45) is 3.62. The summed E-state index contributed by atoms with van der Waals surface area (Å²) in [6.45, 7) is 0. The van der Waals surface area contributed by atoms with Crippen LogP contribution in [0.15, 0.2) is 47.8 Å². The molecule has 1 aromatic carbocycles. The van der Waals surface area contributed by atoms with Crippen LogP contribution in [-0.4, -0.2) is 37.5 Å². The third-order valence-corrected chi connectivity index (χ3v) is 2.87. The molecule has 0 spiro atoms. The van der Waals surface area contributed by atoms with Crippen LogP contribution in [0.4, 0.5) is 4.79 Å². The van der Waals surface area contributed by atoms with Crippen molar-refractivity contribution in [1.29, 1.82) is 0 Å². The fourth-order valence-corrected chi connectivity index (χ4v) is 1.71. The largest absolute Gasteiger partial charge is 0.513 e. The summed E-state index contributed by atoms with van der Waals surface area (Å²) >= 11 is 0. The number of nitrogens with one attached hydrogen (secondary N) is 1. The minimum absolute atomic E-state index is 0.210. The average Bonchev–Trinajstić information content (AvgIpc) is 2.63. The zero-order chi connectivity index (χ0) is 17.4. The lowest BCUT2D eigenvalue weighted by Gasteiger charge is -2.08. The van der Waals surface area contributed by atoms with E-state index >= 15 is 0 Å². The lowest BCUT2D eigenvalue weighted by Crippen LogP contribution is -2.17. The Labute approximate surface area is 138 Å². The third-order valence-electron chi connectivity index (χ3n) is 2.87. The number of amides is 1. The van der Waals surface area contributed by atoms with E-state index in [0.29, 0.717) is 16.9 Å². The van der Waals surface area contributed by atoms with Gasteiger partial charge in [0.15, 0.2) is 11.5 Å². The monoisotopic (exact) mass is 329 g/mol. The van der Waals surface area contributed by atoms with Gasteiger partial charge >= 0.3 is 6.16 Å². The molecule has 0 fully saturated rings. The Hall–Kier alpha value is -3.42. The number of ether oxygens (including phenoxy) is 3. The number of hydrazone groups is 1. The first-order valence-electron chi connectivity index (χ1n) is 6.81. The van der Waals surface area contributed by atoms with Gasteiger partial charge in [0.1, 0.15) is 0 Å². The van der Waals surface area contributed by atoms with Crippen LogP contribution in [0.2, 0.25) is 0 Å². The SMILES string of the molecule is COC(=O)Oc1ccc(/C=N\NC(=O)c2ccncc2)cc1OC. The molecule has 2 aromatic rings. The third kappa shape index (κ3) is 4.54. The van der Waals surface area contributed by atoms with Gasteiger partial charge in [-0.15, -0.1) is 0 Å². The van der Waals surface area contributed by atoms with Gasteiger partial charge in [-0.3, -0.25) is 9.78 Å². The number of nitrogens with zero attached hydrogens (tertiary/aromatic N) is 2. The molecule has 0 radical (unpaired) electrons. The highest BCUT2D eigenvalue weighted by atomic mass is 16.7. The standard InChI is InChI=1S/C16H15N3O5/c1-22-14-9-11(3-4-13(14)24-16(21)23-2)10-18-19-15(20)12-5-7-17-8-6-12/h3-10H,1-2H3,(H,19,20)/b18-10-. The summed E-state index contributed by atoms with van der Waals surface area (Å²) in [5.74, 6) is 0.179. The van der Waals surface area contributed by atoms with Crippen LogP contribution in [-0.2, 0) is 4.74 Å². The van der Waals surface area contributed by atoms with E-state index in [1.165, 1.54) is 38.9 Å². The van der Waals surface area contributed by atoms with Crippen molar-refractivity contribution < 1.29 is 23.8 Å². The van der Waals surface area contributed by atoms with Gasteiger partial charge in [-0.05, 0) is 35.9 Å². The Morgan fingerprint density at radius 3 is 2.54 bits per heavy atom. The molecule has 0 saturated heterocycles. The van der Waals surface area contributed by atoms with Crippen molar-refractivity contribution in [3.05, 3.63) is 53.9 Å². The van der Waals surface area contributed by atoms with Crippen LogP contribution in [0.3, 0.4) is 0 Å². The zero-order valence-corrected chi connectivity index (χ0v) is 13.1. The molecule has 0 atom stereocenters. The number of hydrogen-bond donors (Lipinski definition) is 1. The molecule has 8 nitrogen and oxygen atoms in total. The van der Waals surface area contributed by atoms with E-state index in [-0.39, 0.29) is 11.7 Å². The number of aromatic nitrogens is 1. The van der Waals surface area contributed by atoms with E-state index in [0.717, 1.165) is 0 Å². The first kappa shape index (κ1) is 16.9. The number of carbonyl (C=O) groups excluding carboxylic acids is 2. The normalized spacial score (nSPS) is 10.2. The van der Waals surface area contributed by atoms with Gasteiger partial charge in [0.2, 0.25) is 0 Å². The molecular formula is C16H15N3O5. The molecule has 1 heterocycles. The van der Waals surface area contributed by atoms with Gasteiger partial charge in [0.05, 0.1) is 20.4 Å². The average molecular weight is 329 g/mol. The summed E-state index contributed by atoms with van der Waals surface area (Å²) in [5.41, 5.74) is 3.48. The van der Waals surface area contributed by atoms with Crippen LogP contribution >= 0.6 is 0 Å². The molecule has 0 aliphatic rings. The van der Waals surface area contributed by atoms with E-state index in [9.17, 15) is 9.59 Å². The molecule has 124 valence electrons. The van der Waals surface area contributed by atoms with Crippen molar-refractivity contribution in [3.8, 4) is 11.5 Å². The van der Waals surface area contributed by atoms with Gasteiger partial charge < -0.3 is 14.2 Å². The van der Waals surface area contributed by atoms with Gasteiger partial charge in [0, 0.05) is 18.0 Å². The first-order chi connectivity index (χ1) is 11.6. The second-order valence-corrected chi connectivity index (χ2v) is 4.40. The summed E-state index contributed by atoms with van der Waals surface area (Å²) in [7, 11) is 2.65. The number of carbonyl (C=O) groups is 2. The number of pyridine rings is 1. The second-order valence-electron chi connectivity index (χ2n) is 4.40. The van der Waals surface area contributed by atoms with Crippen molar-refractivity contribution in [3.63, 3.8) is 0 Å². The maximum absolute atomic E-state index is 11.8. The summed E-state index contributed by atoms with van der Waals surface area (Å²) < 4.78 is 14.5. The molecular weight excluding hydrogens is 314 g/mol. The predicted octanol–water partition coefficient (Wildman–Crippen LogP) is 2.00. The number of hydrogen-bond acceptors (Lipinski definition) is 7. The molecule has 1 amide bonds. The lowest BCUT2D eigenvalue weighted by atomic mass is 10.2. The maximum Gasteiger partial charge on any atom is 0.513 e. The molecule has 1 aromatic heterocycles. The fourth-order valence-electron chi connectivity index (χ4n) is 1.71. The molecule has 0 aliphatic heterocycles. The zero-order valence-electron chi connectivity index (χ0n) is 13.1. The van der Waals surface area contributed by atoms with Crippen LogP contribution in [0, 0.1) is 0 Å². The van der Waals surface area contributed by atoms with E-state index in [4.69, 9.17) is 9.47 Å². The predicted molar refractivity (Wildman–Crippen MR) is 85.3 cm³/mol. The van der Waals surface area contributed by atoms with E-state index < -0.39 is 6.16 Å². The Kier molecular flexibility index (Phi) is 5.84. The van der Waals surface area contributed by atoms with Crippen molar-refractivity contribution >= 4 is 18.3 Å². The van der Waals surface area contributed by atoms with E-state index in [2.05, 4.69) is 20.2 Å². The highest BCUT2D eigenvalue weighted by Gasteiger charge is 2.10. The molecule has 0 unspecified atom stereocenters. The van der Waals surface area contributed by atoms with Gasteiger partial charge in [0.25, 0.3) is 5.91 Å². The Morgan fingerprint density at radius 2 is 1.88 bits per heavy atom. The van der Waals surface area contributed by atoms with Crippen molar-refractivity contribution in [2.75, 3.05) is 14.2 Å². The molecule has 24 heavy (non-hydrogen) atoms. The van der Waals surface area contributed by atoms with Crippen LogP contribution in [0.1, 0.15) is 15.9 Å². The molecule has 1 N–H and O–H groups in total. The molecule has 0 aliphatic carbocycles. The smallest absolute Gasteiger partial charge is 0.493 e. The second kappa shape index (κ2) is 8.28. The summed E-state index contributed by atoms with van der Waals surface area (Å²) in [5, 5.41) is 3.87. The highest BCUT2D eigenvalue weighted by Crippen LogP contribution is 2.27. The maximum atomic E-state index is 11.8. The van der Waals surface area contributed by atoms with Crippen molar-refractivity contribution in [2.45, 2.75) is 0 Å². The Balaban J connectivity index is 2.04. The van der Waals surface area contributed by atoms with Crippen molar-refractivity contribution in [2.24, 2.45) is 5.10 Å². The molecule has 0 bridgehead atoms. The fraction of sp³-hybridized carbons (Fsp3) is 0.125. The molecule has 0 saturated carbocycles. The molecule has 2 rings (SSSR count). The highest BCUT2D eigenvalue weighted by molar-refractivity contribution is 5.94. The Morgan fingerprint density at radius 1 is 1.12 bits per heavy atom. The lowest BCUT2D eigenvalue weighted by molar-refractivity contribution is 0.0954. The first-order valence-corrected chi connectivity index (χ1v) is 6.81. The van der Waals surface area contributed by atoms with Gasteiger partial charge in [-0.2, -0.15) is 5.10 Å². The number of benzene rings is 1. The van der Waals surface area contributed by atoms with Crippen molar-refractivity contribution in [1.82, 2.24) is 10.4 Å². The number of rotatable bonds is 5. The minimum Gasteiger partial charge on any atom is -0.493 e. The number of methoxy groups -OCH3 is 2. The van der Waals surface area contributed by atoms with Crippen LogP contribution in [0.5, 0.6) is 11.5 Å². The topological polar surface area (TPSA) is 99.1 Å². The van der Waals surface area contributed by atoms with E-state index in [1.54, 1.807) is 24.3 Å². The quantitative estimate of drug-likeness (QED) is 0.390. The van der Waals surface area contributed by atoms with Gasteiger partial charge in [-0.1, -0.05) is 0 Å². The van der Waals surface area contributed by atoms with Crippen LogP contribution < -0.4 is 14.9 Å². The summed E-state index contributed by atoms with van der Waals surface area (Å²) in [4.78, 5) is 26.8. The van der Waals surface area contributed by atoms with E-state index in [1.807, 2.05) is 0 Å². The molecule has 8 heteroatoms. The minimum atomic E-state index is -0.848. The van der Waals surface area contributed by atoms with Crippen LogP contribution in [0.25, 0.3) is 0 Å².